The maximum Gasteiger partial charge on any atom is 0.293 e. The summed E-state index contributed by atoms with van der Waals surface area (Å²) >= 11 is 1.57. The topological polar surface area (TPSA) is 98.5 Å². The van der Waals surface area contributed by atoms with Gasteiger partial charge in [0.1, 0.15) is 5.75 Å². The lowest BCUT2D eigenvalue weighted by Crippen LogP contribution is -2.27. The first kappa shape index (κ1) is 18.4. The van der Waals surface area contributed by atoms with E-state index in [1.165, 1.54) is 19.2 Å². The van der Waals surface area contributed by atoms with Crippen molar-refractivity contribution in [1.29, 1.82) is 0 Å². The van der Waals surface area contributed by atoms with Crippen LogP contribution in [0.5, 0.6) is 5.75 Å². The van der Waals surface area contributed by atoms with E-state index in [0.717, 1.165) is 21.4 Å². The molecule has 1 unspecified atom stereocenters. The summed E-state index contributed by atoms with van der Waals surface area (Å²) in [7, 11) is -2.70. The van der Waals surface area contributed by atoms with Gasteiger partial charge in [-0.3, -0.25) is 10.1 Å². The van der Waals surface area contributed by atoms with Crippen LogP contribution in [0, 0.1) is 24.0 Å². The molecule has 0 saturated heterocycles. The number of benzene rings is 1. The summed E-state index contributed by atoms with van der Waals surface area (Å²) in [6.45, 7) is 5.56. The number of aryl methyl sites for hydroxylation is 2. The van der Waals surface area contributed by atoms with Crippen LogP contribution in [-0.2, 0) is 10.0 Å². The van der Waals surface area contributed by atoms with Crippen molar-refractivity contribution in [3.8, 4) is 5.75 Å². The number of nitro benzene ring substituents is 1. The SMILES string of the molecule is COc1ccc(S(=O)(=O)NC(C)c2cc(C)sc2C)c([N+](=O)[O-])c1. The Morgan fingerprint density at radius 3 is 2.46 bits per heavy atom. The van der Waals surface area contributed by atoms with Crippen LogP contribution in [0.2, 0.25) is 0 Å². The second-order valence-electron chi connectivity index (χ2n) is 5.30. The zero-order chi connectivity index (χ0) is 18.1. The third-order valence-corrected chi connectivity index (χ3v) is 6.10. The molecule has 0 aliphatic carbocycles. The smallest absolute Gasteiger partial charge is 0.293 e. The number of nitrogens with one attached hydrogen (secondary N) is 1. The Balaban J connectivity index is 2.40. The van der Waals surface area contributed by atoms with Gasteiger partial charge < -0.3 is 4.74 Å². The van der Waals surface area contributed by atoms with Gasteiger partial charge in [-0.2, -0.15) is 0 Å². The average molecular weight is 370 g/mol. The van der Waals surface area contributed by atoms with Gasteiger partial charge in [0.15, 0.2) is 4.90 Å². The van der Waals surface area contributed by atoms with Gasteiger partial charge in [0, 0.05) is 15.8 Å². The molecule has 0 bridgehead atoms. The molecule has 7 nitrogen and oxygen atoms in total. The van der Waals surface area contributed by atoms with E-state index in [-0.39, 0.29) is 10.6 Å². The molecular weight excluding hydrogens is 352 g/mol. The van der Waals surface area contributed by atoms with Crippen molar-refractivity contribution in [3.63, 3.8) is 0 Å². The number of nitrogens with zero attached hydrogens (tertiary/aromatic N) is 1. The molecule has 0 amide bonds. The van der Waals surface area contributed by atoms with Gasteiger partial charge in [0.25, 0.3) is 5.69 Å². The molecule has 1 heterocycles. The Labute approximate surface area is 144 Å². The quantitative estimate of drug-likeness (QED) is 0.621. The summed E-state index contributed by atoms with van der Waals surface area (Å²) in [6, 6.07) is 5.07. The molecule has 0 radical (unpaired) electrons. The first-order chi connectivity index (χ1) is 11.2. The fourth-order valence-electron chi connectivity index (χ4n) is 2.43. The van der Waals surface area contributed by atoms with Crippen molar-refractivity contribution in [3.05, 3.63) is 49.7 Å². The molecule has 0 spiro atoms. The zero-order valence-corrected chi connectivity index (χ0v) is 15.3. The molecule has 2 rings (SSSR count). The fraction of sp³-hybridized carbons (Fsp3) is 0.333. The van der Waals surface area contributed by atoms with Gasteiger partial charge in [-0.05, 0) is 44.5 Å². The largest absolute Gasteiger partial charge is 0.497 e. The van der Waals surface area contributed by atoms with E-state index in [1.807, 2.05) is 19.9 Å². The number of hydrogen-bond acceptors (Lipinski definition) is 6. The average Bonchev–Trinajstić information content (AvgIpc) is 2.84. The lowest BCUT2D eigenvalue weighted by Gasteiger charge is -2.14. The molecule has 2 aromatic rings. The molecule has 130 valence electrons. The number of sulfonamides is 1. The highest BCUT2D eigenvalue weighted by atomic mass is 32.2. The van der Waals surface area contributed by atoms with Crippen molar-refractivity contribution in [1.82, 2.24) is 4.72 Å². The van der Waals surface area contributed by atoms with Crippen LogP contribution in [0.4, 0.5) is 5.69 Å². The fourth-order valence-corrected chi connectivity index (χ4v) is 4.83. The predicted molar refractivity (Wildman–Crippen MR) is 92.2 cm³/mol. The number of methoxy groups -OCH3 is 1. The van der Waals surface area contributed by atoms with Crippen LogP contribution < -0.4 is 9.46 Å². The van der Waals surface area contributed by atoms with Gasteiger partial charge >= 0.3 is 0 Å². The lowest BCUT2D eigenvalue weighted by atomic mass is 10.1. The first-order valence-corrected chi connectivity index (χ1v) is 9.37. The van der Waals surface area contributed by atoms with Gasteiger partial charge in [-0.15, -0.1) is 11.3 Å². The normalized spacial score (nSPS) is 12.8. The molecule has 1 N–H and O–H groups in total. The molecule has 1 aromatic carbocycles. The Kier molecular flexibility index (Phi) is 5.26. The summed E-state index contributed by atoms with van der Waals surface area (Å²) in [5.74, 6) is 0.220. The third-order valence-electron chi connectivity index (χ3n) is 3.53. The maximum absolute atomic E-state index is 12.6. The Morgan fingerprint density at radius 2 is 1.96 bits per heavy atom. The monoisotopic (exact) mass is 370 g/mol. The highest BCUT2D eigenvalue weighted by molar-refractivity contribution is 7.89. The number of rotatable bonds is 6. The summed E-state index contributed by atoms with van der Waals surface area (Å²) < 4.78 is 32.6. The van der Waals surface area contributed by atoms with E-state index < -0.39 is 26.7 Å². The molecular formula is C15H18N2O5S2. The van der Waals surface area contributed by atoms with Gasteiger partial charge in [-0.1, -0.05) is 0 Å². The third kappa shape index (κ3) is 3.74. The summed E-state index contributed by atoms with van der Waals surface area (Å²) in [4.78, 5) is 12.2. The first-order valence-electron chi connectivity index (χ1n) is 7.07. The molecule has 0 aliphatic rings. The van der Waals surface area contributed by atoms with Crippen LogP contribution in [0.25, 0.3) is 0 Å². The number of nitro groups is 1. The van der Waals surface area contributed by atoms with Crippen LogP contribution >= 0.6 is 11.3 Å². The van der Waals surface area contributed by atoms with E-state index >= 15 is 0 Å². The van der Waals surface area contributed by atoms with Crippen LogP contribution in [-0.4, -0.2) is 20.5 Å². The van der Waals surface area contributed by atoms with E-state index in [2.05, 4.69) is 4.72 Å². The number of hydrogen-bond donors (Lipinski definition) is 1. The number of thiophene rings is 1. The lowest BCUT2D eigenvalue weighted by molar-refractivity contribution is -0.387. The standard InChI is InChI=1S/C15H18N2O5S2/c1-9-7-13(11(3)23-9)10(2)16-24(20,21)15-6-5-12(22-4)8-14(15)17(18)19/h5-8,10,16H,1-4H3. The van der Waals surface area contributed by atoms with Crippen LogP contribution in [0.3, 0.4) is 0 Å². The second kappa shape index (κ2) is 6.88. The minimum atomic E-state index is -4.06. The summed E-state index contributed by atoms with van der Waals surface area (Å²) in [5.41, 5.74) is 0.338. The highest BCUT2D eigenvalue weighted by Gasteiger charge is 2.28. The minimum absolute atomic E-state index is 0.220. The Morgan fingerprint density at radius 1 is 1.29 bits per heavy atom. The molecule has 9 heteroatoms. The molecule has 1 aromatic heterocycles. The Bertz CT molecular complexity index is 874. The zero-order valence-electron chi connectivity index (χ0n) is 13.7. The van der Waals surface area contributed by atoms with Gasteiger partial charge in [0.05, 0.1) is 18.1 Å². The van der Waals surface area contributed by atoms with E-state index in [0.29, 0.717) is 0 Å². The van der Waals surface area contributed by atoms with Crippen molar-refractivity contribution >= 4 is 27.0 Å². The van der Waals surface area contributed by atoms with E-state index in [4.69, 9.17) is 4.74 Å². The predicted octanol–water partition coefficient (Wildman–Crippen LogP) is 3.32. The molecule has 0 aliphatic heterocycles. The molecule has 24 heavy (non-hydrogen) atoms. The maximum atomic E-state index is 12.6. The van der Waals surface area contributed by atoms with Crippen molar-refractivity contribution in [2.24, 2.45) is 0 Å². The molecule has 1 atom stereocenters. The van der Waals surface area contributed by atoms with Gasteiger partial charge in [-0.25, -0.2) is 13.1 Å². The van der Waals surface area contributed by atoms with Crippen molar-refractivity contribution in [2.45, 2.75) is 31.7 Å². The Hall–Kier alpha value is -1.97. The molecule has 0 saturated carbocycles. The summed E-state index contributed by atoms with van der Waals surface area (Å²) in [5, 5.41) is 11.2. The van der Waals surface area contributed by atoms with Crippen molar-refractivity contribution in [2.75, 3.05) is 7.11 Å². The van der Waals surface area contributed by atoms with Crippen LogP contribution in [0.1, 0.15) is 28.3 Å². The van der Waals surface area contributed by atoms with Crippen molar-refractivity contribution < 1.29 is 18.1 Å². The van der Waals surface area contributed by atoms with E-state index in [1.54, 1.807) is 18.3 Å². The van der Waals surface area contributed by atoms with Gasteiger partial charge in [0.2, 0.25) is 10.0 Å². The second-order valence-corrected chi connectivity index (χ2v) is 8.45. The highest BCUT2D eigenvalue weighted by Crippen LogP contribution is 2.31. The summed E-state index contributed by atoms with van der Waals surface area (Å²) in [6.07, 6.45) is 0. The number of ether oxygens (including phenoxy) is 1. The van der Waals surface area contributed by atoms with E-state index in [9.17, 15) is 18.5 Å². The molecule has 0 fully saturated rings. The van der Waals surface area contributed by atoms with Crippen LogP contribution in [0.15, 0.2) is 29.2 Å². The minimum Gasteiger partial charge on any atom is -0.497 e.